The molecule has 2 aromatic rings. The number of aryl methyl sites for hydroxylation is 1. The molecular weight excluding hydrogens is 360 g/mol. The van der Waals surface area contributed by atoms with Gasteiger partial charge in [-0.3, -0.25) is 9.78 Å². The standard InChI is InChI=1S/C14H10BrClN2O3/c1-7-4-11(16)9(6-17-7)13(19)18-12-3-2-8(14(20)21)5-10(12)15/h2-6H,1H3,(H,18,19)(H,20,21). The lowest BCUT2D eigenvalue weighted by molar-refractivity contribution is 0.0696. The van der Waals surface area contributed by atoms with Gasteiger partial charge in [0.05, 0.1) is 21.8 Å². The molecule has 2 rings (SSSR count). The molecule has 0 atom stereocenters. The predicted molar refractivity (Wildman–Crippen MR) is 83.0 cm³/mol. The molecule has 0 spiro atoms. The minimum absolute atomic E-state index is 0.120. The molecular formula is C14H10BrClN2O3. The van der Waals surface area contributed by atoms with E-state index in [-0.39, 0.29) is 11.1 Å². The number of hydrogen-bond donors (Lipinski definition) is 2. The highest BCUT2D eigenvalue weighted by atomic mass is 79.9. The van der Waals surface area contributed by atoms with Gasteiger partial charge in [-0.15, -0.1) is 0 Å². The van der Waals surface area contributed by atoms with Gasteiger partial charge in [-0.1, -0.05) is 11.6 Å². The molecule has 0 aliphatic carbocycles. The van der Waals surface area contributed by atoms with Gasteiger partial charge in [0, 0.05) is 16.4 Å². The molecule has 5 nitrogen and oxygen atoms in total. The van der Waals surface area contributed by atoms with Gasteiger partial charge in [-0.05, 0) is 47.1 Å². The van der Waals surface area contributed by atoms with Crippen LogP contribution in [0.15, 0.2) is 34.9 Å². The first kappa shape index (κ1) is 15.5. The average molecular weight is 370 g/mol. The monoisotopic (exact) mass is 368 g/mol. The number of carbonyl (C=O) groups excluding carboxylic acids is 1. The molecule has 1 aromatic heterocycles. The van der Waals surface area contributed by atoms with Crippen LogP contribution in [0.5, 0.6) is 0 Å². The molecule has 0 fully saturated rings. The third-order valence-corrected chi connectivity index (χ3v) is 3.67. The normalized spacial score (nSPS) is 10.2. The Morgan fingerprint density at radius 1 is 1.33 bits per heavy atom. The van der Waals surface area contributed by atoms with Crippen LogP contribution in [0, 0.1) is 6.92 Å². The molecule has 0 saturated heterocycles. The molecule has 1 heterocycles. The molecule has 108 valence electrons. The minimum atomic E-state index is -1.04. The maximum absolute atomic E-state index is 12.1. The lowest BCUT2D eigenvalue weighted by atomic mass is 10.2. The van der Waals surface area contributed by atoms with Crippen molar-refractivity contribution >= 4 is 45.1 Å². The van der Waals surface area contributed by atoms with Gasteiger partial charge in [0.1, 0.15) is 0 Å². The first-order valence-corrected chi connectivity index (χ1v) is 7.02. The summed E-state index contributed by atoms with van der Waals surface area (Å²) in [5, 5.41) is 11.8. The summed E-state index contributed by atoms with van der Waals surface area (Å²) in [5.41, 5.74) is 1.52. The second-order valence-corrected chi connectivity index (χ2v) is 5.52. The number of nitrogens with zero attached hydrogens (tertiary/aromatic N) is 1. The number of hydrogen-bond acceptors (Lipinski definition) is 3. The van der Waals surface area contributed by atoms with Crippen molar-refractivity contribution in [2.75, 3.05) is 5.32 Å². The predicted octanol–water partition coefficient (Wildman–Crippen LogP) is 3.76. The highest BCUT2D eigenvalue weighted by Crippen LogP contribution is 2.25. The number of aromatic nitrogens is 1. The number of anilines is 1. The van der Waals surface area contributed by atoms with E-state index in [9.17, 15) is 9.59 Å². The number of pyridine rings is 1. The van der Waals surface area contributed by atoms with Crippen LogP contribution >= 0.6 is 27.5 Å². The molecule has 2 N–H and O–H groups in total. The van der Waals surface area contributed by atoms with Crippen molar-refractivity contribution in [3.63, 3.8) is 0 Å². The number of benzene rings is 1. The van der Waals surface area contributed by atoms with Gasteiger partial charge < -0.3 is 10.4 Å². The van der Waals surface area contributed by atoms with E-state index in [2.05, 4.69) is 26.2 Å². The van der Waals surface area contributed by atoms with Crippen LogP contribution in [0.25, 0.3) is 0 Å². The minimum Gasteiger partial charge on any atom is -0.478 e. The lowest BCUT2D eigenvalue weighted by Crippen LogP contribution is -2.13. The summed E-state index contributed by atoms with van der Waals surface area (Å²) in [6.45, 7) is 1.77. The molecule has 7 heteroatoms. The summed E-state index contributed by atoms with van der Waals surface area (Å²) >= 11 is 9.23. The second-order valence-electron chi connectivity index (χ2n) is 4.26. The van der Waals surface area contributed by atoms with E-state index in [0.717, 1.165) is 0 Å². The van der Waals surface area contributed by atoms with Crippen molar-refractivity contribution < 1.29 is 14.7 Å². The number of aromatic carboxylic acids is 1. The summed E-state index contributed by atoms with van der Waals surface area (Å²) < 4.78 is 0.465. The lowest BCUT2D eigenvalue weighted by Gasteiger charge is -2.09. The number of carboxylic acid groups (broad SMARTS) is 1. The molecule has 0 bridgehead atoms. The molecule has 1 aromatic carbocycles. The Bertz CT molecular complexity index is 734. The summed E-state index contributed by atoms with van der Waals surface area (Å²) in [5.74, 6) is -1.46. The molecule has 0 radical (unpaired) electrons. The van der Waals surface area contributed by atoms with Gasteiger partial charge >= 0.3 is 5.97 Å². The van der Waals surface area contributed by atoms with Crippen LogP contribution in [0.2, 0.25) is 5.02 Å². The fraction of sp³-hybridized carbons (Fsp3) is 0.0714. The van der Waals surface area contributed by atoms with Crippen LogP contribution in [-0.4, -0.2) is 22.0 Å². The Labute approximate surface area is 134 Å². The summed E-state index contributed by atoms with van der Waals surface area (Å²) in [4.78, 5) is 27.0. The van der Waals surface area contributed by atoms with Gasteiger partial charge in [-0.2, -0.15) is 0 Å². The largest absolute Gasteiger partial charge is 0.478 e. The van der Waals surface area contributed by atoms with Crippen molar-refractivity contribution in [3.8, 4) is 0 Å². The number of carboxylic acids is 1. The Kier molecular flexibility index (Phi) is 4.59. The molecule has 0 aliphatic heterocycles. The van der Waals surface area contributed by atoms with E-state index in [0.29, 0.717) is 20.9 Å². The summed E-state index contributed by atoms with van der Waals surface area (Å²) in [6.07, 6.45) is 1.40. The van der Waals surface area contributed by atoms with Gasteiger partial charge in [0.25, 0.3) is 5.91 Å². The molecule has 21 heavy (non-hydrogen) atoms. The average Bonchev–Trinajstić information content (AvgIpc) is 2.40. The number of amides is 1. The first-order valence-electron chi connectivity index (χ1n) is 5.85. The quantitative estimate of drug-likeness (QED) is 0.863. The van der Waals surface area contributed by atoms with Crippen molar-refractivity contribution in [3.05, 3.63) is 56.8 Å². The Balaban J connectivity index is 2.25. The Morgan fingerprint density at radius 2 is 2.05 bits per heavy atom. The van der Waals surface area contributed by atoms with Crippen molar-refractivity contribution in [2.45, 2.75) is 6.92 Å². The van der Waals surface area contributed by atoms with Crippen molar-refractivity contribution in [1.82, 2.24) is 4.98 Å². The highest BCUT2D eigenvalue weighted by Gasteiger charge is 2.14. The zero-order chi connectivity index (χ0) is 15.6. The maximum atomic E-state index is 12.1. The van der Waals surface area contributed by atoms with Crippen LogP contribution in [0.1, 0.15) is 26.4 Å². The first-order chi connectivity index (χ1) is 9.88. The SMILES string of the molecule is Cc1cc(Cl)c(C(=O)Nc2ccc(C(=O)O)cc2Br)cn1. The summed E-state index contributed by atoms with van der Waals surface area (Å²) in [6, 6.07) is 5.91. The van der Waals surface area contributed by atoms with E-state index in [1.54, 1.807) is 13.0 Å². The molecule has 0 saturated carbocycles. The zero-order valence-corrected chi connectivity index (χ0v) is 13.2. The molecule has 0 aliphatic rings. The van der Waals surface area contributed by atoms with Crippen molar-refractivity contribution in [2.24, 2.45) is 0 Å². The van der Waals surface area contributed by atoms with Crippen LogP contribution in [0.4, 0.5) is 5.69 Å². The zero-order valence-electron chi connectivity index (χ0n) is 10.9. The van der Waals surface area contributed by atoms with Gasteiger partial charge in [-0.25, -0.2) is 4.79 Å². The fourth-order valence-electron chi connectivity index (χ4n) is 1.63. The fourth-order valence-corrected chi connectivity index (χ4v) is 2.40. The maximum Gasteiger partial charge on any atom is 0.335 e. The third-order valence-electron chi connectivity index (χ3n) is 2.70. The van der Waals surface area contributed by atoms with Crippen LogP contribution in [-0.2, 0) is 0 Å². The smallest absolute Gasteiger partial charge is 0.335 e. The topological polar surface area (TPSA) is 79.3 Å². The van der Waals surface area contributed by atoms with E-state index >= 15 is 0 Å². The molecule has 0 unspecified atom stereocenters. The summed E-state index contributed by atoms with van der Waals surface area (Å²) in [7, 11) is 0. The van der Waals surface area contributed by atoms with E-state index in [1.807, 2.05) is 0 Å². The number of rotatable bonds is 3. The van der Waals surface area contributed by atoms with Gasteiger partial charge in [0.15, 0.2) is 0 Å². The van der Waals surface area contributed by atoms with Crippen LogP contribution < -0.4 is 5.32 Å². The highest BCUT2D eigenvalue weighted by molar-refractivity contribution is 9.10. The molecule has 1 amide bonds. The third kappa shape index (κ3) is 3.59. The van der Waals surface area contributed by atoms with Gasteiger partial charge in [0.2, 0.25) is 0 Å². The number of carbonyl (C=O) groups is 2. The van der Waals surface area contributed by atoms with Crippen LogP contribution in [0.3, 0.4) is 0 Å². The van der Waals surface area contributed by atoms with E-state index in [1.165, 1.54) is 24.4 Å². The second kappa shape index (κ2) is 6.24. The van der Waals surface area contributed by atoms with E-state index in [4.69, 9.17) is 16.7 Å². The number of halogens is 2. The van der Waals surface area contributed by atoms with Crippen molar-refractivity contribution in [1.29, 1.82) is 0 Å². The van der Waals surface area contributed by atoms with E-state index < -0.39 is 11.9 Å². The Hall–Kier alpha value is -1.92. The number of nitrogens with one attached hydrogen (secondary N) is 1. The Morgan fingerprint density at radius 3 is 2.62 bits per heavy atom.